The molecule has 0 unspecified atom stereocenters. The van der Waals surface area contributed by atoms with Crippen LogP contribution >= 0.6 is 11.6 Å². The van der Waals surface area contributed by atoms with Crippen molar-refractivity contribution in [2.75, 3.05) is 0 Å². The van der Waals surface area contributed by atoms with Crippen molar-refractivity contribution in [1.82, 2.24) is 0 Å². The SMILES string of the molecule is O[C@H](c1ccc(F)c(Cl)c1)c1ccco1. The lowest BCUT2D eigenvalue weighted by Crippen LogP contribution is -1.98. The van der Waals surface area contributed by atoms with Gasteiger partial charge in [-0.2, -0.15) is 0 Å². The standard InChI is InChI=1S/C11H8ClFO2/c12-8-6-7(3-4-9(8)13)11(14)10-2-1-5-15-10/h1-6,11,14H/t11-/m1/s1. The average Bonchev–Trinajstić information content (AvgIpc) is 2.74. The normalized spacial score (nSPS) is 12.7. The Kier molecular flexibility index (Phi) is 2.75. The zero-order chi connectivity index (χ0) is 10.8. The number of benzene rings is 1. The molecule has 0 fully saturated rings. The molecule has 2 nitrogen and oxygen atoms in total. The van der Waals surface area contributed by atoms with E-state index >= 15 is 0 Å². The van der Waals surface area contributed by atoms with E-state index in [-0.39, 0.29) is 5.02 Å². The Hall–Kier alpha value is -1.32. The molecule has 0 saturated carbocycles. The first-order chi connectivity index (χ1) is 7.18. The second kappa shape index (κ2) is 4.04. The lowest BCUT2D eigenvalue weighted by Gasteiger charge is -2.08. The van der Waals surface area contributed by atoms with E-state index in [1.807, 2.05) is 0 Å². The van der Waals surface area contributed by atoms with Gasteiger partial charge in [0.25, 0.3) is 0 Å². The van der Waals surface area contributed by atoms with Crippen LogP contribution in [-0.4, -0.2) is 5.11 Å². The van der Waals surface area contributed by atoms with Gasteiger partial charge in [0.1, 0.15) is 17.7 Å². The highest BCUT2D eigenvalue weighted by atomic mass is 35.5. The molecule has 0 aliphatic rings. The largest absolute Gasteiger partial charge is 0.466 e. The summed E-state index contributed by atoms with van der Waals surface area (Å²) >= 11 is 5.60. The lowest BCUT2D eigenvalue weighted by atomic mass is 10.1. The van der Waals surface area contributed by atoms with Gasteiger partial charge in [-0.1, -0.05) is 17.7 Å². The first-order valence-electron chi connectivity index (χ1n) is 4.35. The minimum absolute atomic E-state index is 0.0156. The van der Waals surface area contributed by atoms with Crippen molar-refractivity contribution in [1.29, 1.82) is 0 Å². The maximum absolute atomic E-state index is 12.9. The summed E-state index contributed by atoms with van der Waals surface area (Å²) in [5, 5.41) is 9.81. The van der Waals surface area contributed by atoms with Crippen molar-refractivity contribution in [3.05, 3.63) is 58.8 Å². The van der Waals surface area contributed by atoms with Crippen molar-refractivity contribution < 1.29 is 13.9 Å². The molecular weight excluding hydrogens is 219 g/mol. The maximum Gasteiger partial charge on any atom is 0.141 e. The number of halogens is 2. The molecule has 0 saturated heterocycles. The topological polar surface area (TPSA) is 33.4 Å². The molecule has 2 aromatic rings. The molecule has 0 spiro atoms. The van der Waals surface area contributed by atoms with Crippen molar-refractivity contribution >= 4 is 11.6 Å². The second-order valence-corrected chi connectivity index (χ2v) is 3.50. The molecule has 15 heavy (non-hydrogen) atoms. The van der Waals surface area contributed by atoms with Crippen molar-refractivity contribution in [2.45, 2.75) is 6.10 Å². The van der Waals surface area contributed by atoms with E-state index in [0.29, 0.717) is 11.3 Å². The lowest BCUT2D eigenvalue weighted by molar-refractivity contribution is 0.189. The Morgan fingerprint density at radius 3 is 2.73 bits per heavy atom. The van der Waals surface area contributed by atoms with Gasteiger partial charge in [0, 0.05) is 0 Å². The van der Waals surface area contributed by atoms with Crippen LogP contribution in [0.2, 0.25) is 5.02 Å². The van der Waals surface area contributed by atoms with Crippen LogP contribution in [0.25, 0.3) is 0 Å². The van der Waals surface area contributed by atoms with E-state index in [1.165, 1.54) is 24.5 Å². The van der Waals surface area contributed by atoms with Gasteiger partial charge in [0.15, 0.2) is 0 Å². The van der Waals surface area contributed by atoms with Crippen molar-refractivity contribution in [3.63, 3.8) is 0 Å². The summed E-state index contributed by atoms with van der Waals surface area (Å²) in [6, 6.07) is 7.37. The Morgan fingerprint density at radius 2 is 2.13 bits per heavy atom. The van der Waals surface area contributed by atoms with Gasteiger partial charge in [0.05, 0.1) is 11.3 Å². The fraction of sp³-hybridized carbons (Fsp3) is 0.0909. The molecule has 1 aromatic heterocycles. The zero-order valence-electron chi connectivity index (χ0n) is 7.65. The van der Waals surface area contributed by atoms with Gasteiger partial charge in [-0.25, -0.2) is 4.39 Å². The van der Waals surface area contributed by atoms with E-state index in [2.05, 4.69) is 0 Å². The molecule has 78 valence electrons. The molecule has 1 heterocycles. The molecule has 1 atom stereocenters. The maximum atomic E-state index is 12.9. The van der Waals surface area contributed by atoms with Crippen LogP contribution in [0.3, 0.4) is 0 Å². The summed E-state index contributed by atoms with van der Waals surface area (Å²) in [7, 11) is 0. The van der Waals surface area contributed by atoms with E-state index in [1.54, 1.807) is 12.1 Å². The minimum Gasteiger partial charge on any atom is -0.466 e. The van der Waals surface area contributed by atoms with E-state index in [4.69, 9.17) is 16.0 Å². The van der Waals surface area contributed by atoms with Crippen LogP contribution in [0.1, 0.15) is 17.4 Å². The molecule has 0 radical (unpaired) electrons. The molecule has 0 bridgehead atoms. The van der Waals surface area contributed by atoms with Crippen LogP contribution in [-0.2, 0) is 0 Å². The van der Waals surface area contributed by atoms with Gasteiger partial charge in [-0.05, 0) is 29.8 Å². The third kappa shape index (κ3) is 2.03. The molecule has 0 aliphatic heterocycles. The summed E-state index contributed by atoms with van der Waals surface area (Å²) in [6.07, 6.45) is 0.544. The number of rotatable bonds is 2. The van der Waals surface area contributed by atoms with Gasteiger partial charge >= 0.3 is 0 Å². The third-order valence-corrected chi connectivity index (χ3v) is 2.36. The second-order valence-electron chi connectivity index (χ2n) is 3.09. The van der Waals surface area contributed by atoms with Gasteiger partial charge in [0.2, 0.25) is 0 Å². The predicted molar refractivity (Wildman–Crippen MR) is 54.2 cm³/mol. The minimum atomic E-state index is -0.918. The highest BCUT2D eigenvalue weighted by Crippen LogP contribution is 2.25. The highest BCUT2D eigenvalue weighted by molar-refractivity contribution is 6.30. The molecular formula is C11H8ClFO2. The first-order valence-corrected chi connectivity index (χ1v) is 4.72. The predicted octanol–water partition coefficient (Wildman–Crippen LogP) is 3.15. The number of hydrogen-bond donors (Lipinski definition) is 1. The van der Waals surface area contributed by atoms with Crippen molar-refractivity contribution in [2.24, 2.45) is 0 Å². The highest BCUT2D eigenvalue weighted by Gasteiger charge is 2.14. The van der Waals surface area contributed by atoms with Crippen LogP contribution < -0.4 is 0 Å². The van der Waals surface area contributed by atoms with Crippen LogP contribution in [0.5, 0.6) is 0 Å². The third-order valence-electron chi connectivity index (χ3n) is 2.07. The molecule has 1 N–H and O–H groups in total. The van der Waals surface area contributed by atoms with Crippen molar-refractivity contribution in [3.8, 4) is 0 Å². The molecule has 2 rings (SSSR count). The number of furan rings is 1. The van der Waals surface area contributed by atoms with Crippen LogP contribution in [0, 0.1) is 5.82 Å². The Labute approximate surface area is 90.9 Å². The number of aliphatic hydroxyl groups is 1. The summed E-state index contributed by atoms with van der Waals surface area (Å²) in [5.41, 5.74) is 0.497. The summed E-state index contributed by atoms with van der Waals surface area (Å²) < 4.78 is 17.9. The Balaban J connectivity index is 2.34. The first kappa shape index (κ1) is 10.2. The Morgan fingerprint density at radius 1 is 1.33 bits per heavy atom. The summed E-state index contributed by atoms with van der Waals surface area (Å²) in [6.45, 7) is 0. The van der Waals surface area contributed by atoms with E-state index in [0.717, 1.165) is 0 Å². The number of aliphatic hydroxyl groups excluding tert-OH is 1. The fourth-order valence-electron chi connectivity index (χ4n) is 1.29. The molecule has 0 aliphatic carbocycles. The van der Waals surface area contributed by atoms with Gasteiger partial charge in [-0.3, -0.25) is 0 Å². The molecule has 1 aromatic carbocycles. The van der Waals surface area contributed by atoms with Gasteiger partial charge < -0.3 is 9.52 Å². The fourth-order valence-corrected chi connectivity index (χ4v) is 1.48. The zero-order valence-corrected chi connectivity index (χ0v) is 8.41. The summed E-state index contributed by atoms with van der Waals surface area (Å²) in [4.78, 5) is 0. The molecule has 4 heteroatoms. The van der Waals surface area contributed by atoms with E-state index < -0.39 is 11.9 Å². The van der Waals surface area contributed by atoms with Crippen LogP contribution in [0.4, 0.5) is 4.39 Å². The average molecular weight is 227 g/mol. The van der Waals surface area contributed by atoms with E-state index in [9.17, 15) is 9.50 Å². The number of hydrogen-bond acceptors (Lipinski definition) is 2. The quantitative estimate of drug-likeness (QED) is 0.853. The molecule has 0 amide bonds. The van der Waals surface area contributed by atoms with Gasteiger partial charge in [-0.15, -0.1) is 0 Å². The summed E-state index contributed by atoms with van der Waals surface area (Å²) in [5.74, 6) is -0.107. The Bertz CT molecular complexity index is 454. The van der Waals surface area contributed by atoms with Crippen LogP contribution in [0.15, 0.2) is 41.0 Å². The smallest absolute Gasteiger partial charge is 0.141 e. The monoisotopic (exact) mass is 226 g/mol.